The molecule has 0 saturated carbocycles. The molecule has 0 bridgehead atoms. The number of nitrogens with one attached hydrogen (secondary N) is 2. The van der Waals surface area contributed by atoms with E-state index in [1.807, 2.05) is 51.1 Å². The number of anilines is 1. The van der Waals surface area contributed by atoms with Crippen molar-refractivity contribution in [1.29, 1.82) is 5.26 Å². The number of nitriles is 1. The summed E-state index contributed by atoms with van der Waals surface area (Å²) in [6.45, 7) is 8.15. The minimum atomic E-state index is 0. The normalized spacial score (nSPS) is 11.0. The molecule has 2 heterocycles. The second-order valence-corrected chi connectivity index (χ2v) is 8.32. The fourth-order valence-corrected chi connectivity index (χ4v) is 4.08. The van der Waals surface area contributed by atoms with Crippen LogP contribution >= 0.6 is 35.3 Å². The van der Waals surface area contributed by atoms with Crippen molar-refractivity contribution in [3.63, 3.8) is 0 Å². The summed E-state index contributed by atoms with van der Waals surface area (Å²) in [5, 5.41) is 21.8. The smallest absolute Gasteiger partial charge is 0.191 e. The summed E-state index contributed by atoms with van der Waals surface area (Å²) in [7, 11) is 0. The number of nitrogen functional groups attached to an aromatic ring is 1. The van der Waals surface area contributed by atoms with Crippen LogP contribution in [0.15, 0.2) is 35.3 Å². The van der Waals surface area contributed by atoms with E-state index in [0.717, 1.165) is 35.3 Å². The zero-order valence-electron chi connectivity index (χ0n) is 18.6. The zero-order valence-corrected chi connectivity index (χ0v) is 21.7. The number of aliphatic imine (C=N–C) groups is 1. The number of halogens is 1. The van der Waals surface area contributed by atoms with Gasteiger partial charge in [0.2, 0.25) is 0 Å². The standard InChI is InChI=1S/C22H28N8S.HI/c1-4-25-22(27-14-20-15(2)28-16(3)31-20)26-12-8-11-19-18(13-23)21(24)30(29-19)17-9-6-5-7-10-17;/h5-7,9-10H,4,8,11-12,14,24H2,1-3H3,(H2,25,26,27);1H. The van der Waals surface area contributed by atoms with Gasteiger partial charge in [0, 0.05) is 18.0 Å². The van der Waals surface area contributed by atoms with Gasteiger partial charge in [-0.3, -0.25) is 0 Å². The Morgan fingerprint density at radius 1 is 1.25 bits per heavy atom. The molecule has 0 fully saturated rings. The van der Waals surface area contributed by atoms with Crippen LogP contribution in [-0.2, 0) is 13.0 Å². The lowest BCUT2D eigenvalue weighted by atomic mass is 10.1. The van der Waals surface area contributed by atoms with Gasteiger partial charge in [0.05, 0.1) is 28.6 Å². The Morgan fingerprint density at radius 3 is 2.62 bits per heavy atom. The summed E-state index contributed by atoms with van der Waals surface area (Å²) in [5.74, 6) is 1.14. The highest BCUT2D eigenvalue weighted by atomic mass is 127. The Labute approximate surface area is 210 Å². The monoisotopic (exact) mass is 564 g/mol. The van der Waals surface area contributed by atoms with Gasteiger partial charge >= 0.3 is 0 Å². The van der Waals surface area contributed by atoms with Crippen molar-refractivity contribution >= 4 is 47.1 Å². The third kappa shape index (κ3) is 6.43. The lowest BCUT2D eigenvalue weighted by Crippen LogP contribution is -2.37. The van der Waals surface area contributed by atoms with Crippen LogP contribution in [0.25, 0.3) is 5.69 Å². The van der Waals surface area contributed by atoms with E-state index in [2.05, 4.69) is 31.8 Å². The molecule has 0 aliphatic heterocycles. The largest absolute Gasteiger partial charge is 0.382 e. The molecule has 3 aromatic rings. The minimum Gasteiger partial charge on any atom is -0.382 e. The summed E-state index contributed by atoms with van der Waals surface area (Å²) >= 11 is 1.68. The van der Waals surface area contributed by atoms with Gasteiger partial charge in [-0.1, -0.05) is 18.2 Å². The van der Waals surface area contributed by atoms with Gasteiger partial charge in [-0.2, -0.15) is 10.4 Å². The molecule has 0 saturated heterocycles. The van der Waals surface area contributed by atoms with Crippen LogP contribution in [0.2, 0.25) is 0 Å². The lowest BCUT2D eigenvalue weighted by Gasteiger charge is -2.10. The van der Waals surface area contributed by atoms with Gasteiger partial charge in [0.15, 0.2) is 5.96 Å². The average Bonchev–Trinajstić information content (AvgIpc) is 3.27. The number of nitrogens with two attached hydrogens (primary N) is 1. The quantitative estimate of drug-likeness (QED) is 0.166. The summed E-state index contributed by atoms with van der Waals surface area (Å²) < 4.78 is 1.63. The van der Waals surface area contributed by atoms with Gasteiger partial charge in [-0.25, -0.2) is 14.7 Å². The van der Waals surface area contributed by atoms with E-state index in [1.54, 1.807) is 16.0 Å². The second-order valence-electron chi connectivity index (χ2n) is 7.03. The van der Waals surface area contributed by atoms with E-state index in [0.29, 0.717) is 36.6 Å². The Balaban J connectivity index is 0.00000363. The first-order chi connectivity index (χ1) is 15.0. The molecule has 0 unspecified atom stereocenters. The first-order valence-corrected chi connectivity index (χ1v) is 11.1. The summed E-state index contributed by atoms with van der Waals surface area (Å²) in [4.78, 5) is 10.3. The molecule has 32 heavy (non-hydrogen) atoms. The van der Waals surface area contributed by atoms with Crippen LogP contribution < -0.4 is 16.4 Å². The van der Waals surface area contributed by atoms with Gasteiger partial charge < -0.3 is 16.4 Å². The molecule has 10 heteroatoms. The van der Waals surface area contributed by atoms with Crippen molar-refractivity contribution in [2.24, 2.45) is 4.99 Å². The van der Waals surface area contributed by atoms with Crippen LogP contribution in [0, 0.1) is 25.2 Å². The Kier molecular flexibility index (Phi) is 9.93. The number of thiazole rings is 1. The lowest BCUT2D eigenvalue weighted by molar-refractivity contribution is 0.723. The number of rotatable bonds is 8. The predicted octanol–water partition coefficient (Wildman–Crippen LogP) is 3.71. The van der Waals surface area contributed by atoms with Crippen LogP contribution in [-0.4, -0.2) is 33.8 Å². The third-order valence-electron chi connectivity index (χ3n) is 4.71. The van der Waals surface area contributed by atoms with Crippen molar-refractivity contribution in [1.82, 2.24) is 25.4 Å². The molecular weight excluding hydrogens is 535 g/mol. The third-order valence-corrected chi connectivity index (χ3v) is 5.77. The first-order valence-electron chi connectivity index (χ1n) is 10.3. The highest BCUT2D eigenvalue weighted by Gasteiger charge is 2.16. The fourth-order valence-electron chi connectivity index (χ4n) is 3.22. The Morgan fingerprint density at radius 2 is 2.00 bits per heavy atom. The molecule has 0 atom stereocenters. The van der Waals surface area contributed by atoms with Gasteiger partial charge in [-0.05, 0) is 45.7 Å². The number of nitrogens with zero attached hydrogens (tertiary/aromatic N) is 5. The van der Waals surface area contributed by atoms with E-state index >= 15 is 0 Å². The number of aromatic nitrogens is 3. The van der Waals surface area contributed by atoms with Gasteiger partial charge in [0.1, 0.15) is 17.5 Å². The number of aryl methyl sites for hydroxylation is 3. The molecule has 1 aromatic carbocycles. The van der Waals surface area contributed by atoms with E-state index < -0.39 is 0 Å². The van der Waals surface area contributed by atoms with E-state index in [9.17, 15) is 5.26 Å². The first kappa shape index (κ1) is 25.6. The molecule has 0 aliphatic carbocycles. The predicted molar refractivity (Wildman–Crippen MR) is 141 cm³/mol. The molecule has 0 spiro atoms. The highest BCUT2D eigenvalue weighted by Crippen LogP contribution is 2.21. The maximum absolute atomic E-state index is 9.54. The maximum atomic E-state index is 9.54. The van der Waals surface area contributed by atoms with Crippen molar-refractivity contribution in [2.75, 3.05) is 18.8 Å². The van der Waals surface area contributed by atoms with Gasteiger partial charge in [-0.15, -0.1) is 35.3 Å². The number of hydrogen-bond donors (Lipinski definition) is 3. The summed E-state index contributed by atoms with van der Waals surface area (Å²) in [5.41, 5.74) is 9.22. The number of para-hydroxylation sites is 1. The summed E-state index contributed by atoms with van der Waals surface area (Å²) in [6.07, 6.45) is 1.44. The molecule has 170 valence electrons. The molecule has 4 N–H and O–H groups in total. The second kappa shape index (κ2) is 12.4. The zero-order chi connectivity index (χ0) is 22.2. The SMILES string of the molecule is CCNC(=NCc1sc(C)nc1C)NCCCc1nn(-c2ccccc2)c(N)c1C#N.I. The molecule has 0 amide bonds. The topological polar surface area (TPSA) is 117 Å². The molecule has 8 nitrogen and oxygen atoms in total. The van der Waals surface area contributed by atoms with Crippen molar-refractivity contribution in [2.45, 2.75) is 40.2 Å². The number of guanidine groups is 1. The van der Waals surface area contributed by atoms with Crippen LogP contribution in [0.5, 0.6) is 0 Å². The van der Waals surface area contributed by atoms with Crippen LogP contribution in [0.3, 0.4) is 0 Å². The van der Waals surface area contributed by atoms with Crippen LogP contribution in [0.1, 0.15) is 40.2 Å². The van der Waals surface area contributed by atoms with Gasteiger partial charge in [0.25, 0.3) is 0 Å². The fraction of sp³-hybridized carbons (Fsp3) is 0.364. The number of benzene rings is 1. The minimum absolute atomic E-state index is 0. The van der Waals surface area contributed by atoms with Crippen molar-refractivity contribution in [3.8, 4) is 11.8 Å². The average molecular weight is 565 g/mol. The number of hydrogen-bond acceptors (Lipinski definition) is 6. The maximum Gasteiger partial charge on any atom is 0.191 e. The Bertz CT molecular complexity index is 1080. The van der Waals surface area contributed by atoms with E-state index in [-0.39, 0.29) is 24.0 Å². The molecular formula is C22H29IN8S. The molecule has 3 rings (SSSR count). The molecule has 0 radical (unpaired) electrons. The molecule has 2 aromatic heterocycles. The van der Waals surface area contributed by atoms with Crippen molar-refractivity contribution in [3.05, 3.63) is 57.2 Å². The van der Waals surface area contributed by atoms with Crippen molar-refractivity contribution < 1.29 is 0 Å². The van der Waals surface area contributed by atoms with Crippen LogP contribution in [0.4, 0.5) is 5.82 Å². The Hall–Kier alpha value is -2.65. The highest BCUT2D eigenvalue weighted by molar-refractivity contribution is 14.0. The molecule has 0 aliphatic rings. The summed E-state index contributed by atoms with van der Waals surface area (Å²) in [6, 6.07) is 11.8. The van der Waals surface area contributed by atoms with E-state index in [4.69, 9.17) is 5.73 Å². The van der Waals surface area contributed by atoms with E-state index in [1.165, 1.54) is 4.88 Å².